The summed E-state index contributed by atoms with van der Waals surface area (Å²) in [6, 6.07) is 4.59. The van der Waals surface area contributed by atoms with E-state index >= 15 is 0 Å². The van der Waals surface area contributed by atoms with E-state index in [0.29, 0.717) is 16.3 Å². The minimum absolute atomic E-state index is 0.0142. The highest BCUT2D eigenvalue weighted by molar-refractivity contribution is 6.34. The summed E-state index contributed by atoms with van der Waals surface area (Å²) in [5.74, 6) is -0.681. The van der Waals surface area contributed by atoms with Gasteiger partial charge in [0.15, 0.2) is 0 Å². The van der Waals surface area contributed by atoms with Crippen molar-refractivity contribution in [3.05, 3.63) is 28.8 Å². The topological polar surface area (TPSA) is 78.4 Å². The first-order valence-corrected chi connectivity index (χ1v) is 7.66. The van der Waals surface area contributed by atoms with Crippen LogP contribution in [0.1, 0.15) is 38.1 Å². The van der Waals surface area contributed by atoms with Crippen molar-refractivity contribution >= 4 is 29.1 Å². The van der Waals surface area contributed by atoms with Crippen molar-refractivity contribution in [1.29, 1.82) is 0 Å². The van der Waals surface area contributed by atoms with Gasteiger partial charge in [0, 0.05) is 24.3 Å². The van der Waals surface area contributed by atoms with E-state index in [1.54, 1.807) is 32.0 Å². The normalized spacial score (nSPS) is 13.6. The number of benzene rings is 1. The molecule has 0 spiro atoms. The van der Waals surface area contributed by atoms with Gasteiger partial charge < -0.3 is 15.7 Å². The maximum atomic E-state index is 12.3. The summed E-state index contributed by atoms with van der Waals surface area (Å²) in [6.07, 6.45) is 0. The second kappa shape index (κ2) is 8.15. The Bertz CT molecular complexity index is 546. The van der Waals surface area contributed by atoms with Crippen molar-refractivity contribution < 1.29 is 14.7 Å². The van der Waals surface area contributed by atoms with E-state index in [1.807, 2.05) is 13.8 Å². The predicted octanol–water partition coefficient (Wildman–Crippen LogP) is 2.68. The van der Waals surface area contributed by atoms with E-state index in [-0.39, 0.29) is 36.3 Å². The molecule has 1 rings (SSSR count). The number of hydrogen-bond acceptors (Lipinski definition) is 3. The number of carbonyl (C=O) groups excluding carboxylic acids is 2. The molecule has 1 aromatic carbocycles. The fourth-order valence-electron chi connectivity index (χ4n) is 1.65. The number of nitrogens with one attached hydrogen (secondary N) is 2. The summed E-state index contributed by atoms with van der Waals surface area (Å²) in [6.45, 7) is 7.22. The minimum Gasteiger partial charge on any atom is -0.396 e. The SMILES string of the molecule is CC(C)C(=O)Nc1ccc(Cl)c(C(=O)NC(C)C(C)CO)c1. The first kappa shape index (κ1) is 18.5. The Morgan fingerprint density at radius 3 is 2.41 bits per heavy atom. The van der Waals surface area contributed by atoms with Gasteiger partial charge in [-0.2, -0.15) is 0 Å². The Kier molecular flexibility index (Phi) is 6.84. The number of anilines is 1. The molecule has 0 aliphatic carbocycles. The van der Waals surface area contributed by atoms with Gasteiger partial charge >= 0.3 is 0 Å². The summed E-state index contributed by atoms with van der Waals surface area (Å²) in [5.41, 5.74) is 0.816. The molecular formula is C16H23ClN2O3. The van der Waals surface area contributed by atoms with E-state index in [1.165, 1.54) is 0 Å². The van der Waals surface area contributed by atoms with E-state index in [0.717, 1.165) is 0 Å². The average molecular weight is 327 g/mol. The lowest BCUT2D eigenvalue weighted by molar-refractivity contribution is -0.118. The van der Waals surface area contributed by atoms with Crippen molar-refractivity contribution in [2.75, 3.05) is 11.9 Å². The van der Waals surface area contributed by atoms with Crippen LogP contribution in [0, 0.1) is 11.8 Å². The monoisotopic (exact) mass is 326 g/mol. The molecule has 122 valence electrons. The van der Waals surface area contributed by atoms with Crippen molar-refractivity contribution in [1.82, 2.24) is 5.32 Å². The molecule has 0 aromatic heterocycles. The van der Waals surface area contributed by atoms with Crippen LogP contribution in [0.15, 0.2) is 18.2 Å². The maximum Gasteiger partial charge on any atom is 0.253 e. The van der Waals surface area contributed by atoms with Gasteiger partial charge in [-0.3, -0.25) is 9.59 Å². The van der Waals surface area contributed by atoms with Gasteiger partial charge in [-0.25, -0.2) is 0 Å². The van der Waals surface area contributed by atoms with Gasteiger partial charge in [0.05, 0.1) is 10.6 Å². The summed E-state index contributed by atoms with van der Waals surface area (Å²) in [7, 11) is 0. The lowest BCUT2D eigenvalue weighted by Gasteiger charge is -2.20. The highest BCUT2D eigenvalue weighted by Crippen LogP contribution is 2.21. The van der Waals surface area contributed by atoms with Crippen molar-refractivity contribution in [3.63, 3.8) is 0 Å². The number of amides is 2. The van der Waals surface area contributed by atoms with Gasteiger partial charge in [-0.15, -0.1) is 0 Å². The molecule has 0 aliphatic heterocycles. The molecule has 0 fully saturated rings. The molecule has 0 saturated heterocycles. The Hall–Kier alpha value is -1.59. The van der Waals surface area contributed by atoms with Crippen LogP contribution >= 0.6 is 11.6 Å². The summed E-state index contributed by atoms with van der Waals surface area (Å²) < 4.78 is 0. The summed E-state index contributed by atoms with van der Waals surface area (Å²) in [5, 5.41) is 15.0. The van der Waals surface area contributed by atoms with E-state index in [9.17, 15) is 9.59 Å². The van der Waals surface area contributed by atoms with Gasteiger partial charge in [0.2, 0.25) is 5.91 Å². The predicted molar refractivity (Wildman–Crippen MR) is 88.1 cm³/mol. The zero-order valence-electron chi connectivity index (χ0n) is 13.3. The molecule has 2 unspecified atom stereocenters. The fraction of sp³-hybridized carbons (Fsp3) is 0.500. The summed E-state index contributed by atoms with van der Waals surface area (Å²) >= 11 is 6.06. The average Bonchev–Trinajstić information content (AvgIpc) is 2.47. The van der Waals surface area contributed by atoms with Crippen LogP contribution in [-0.4, -0.2) is 29.6 Å². The van der Waals surface area contributed by atoms with Crippen LogP contribution in [0.25, 0.3) is 0 Å². The molecule has 3 N–H and O–H groups in total. The Morgan fingerprint density at radius 1 is 1.23 bits per heavy atom. The number of carbonyl (C=O) groups is 2. The minimum atomic E-state index is -0.335. The first-order chi connectivity index (χ1) is 10.3. The lowest BCUT2D eigenvalue weighted by Crippen LogP contribution is -2.38. The van der Waals surface area contributed by atoms with Gasteiger partial charge in [0.1, 0.15) is 0 Å². The standard InChI is InChI=1S/C16H23ClN2O3/c1-9(2)15(21)19-12-5-6-14(17)13(7-12)16(22)18-11(4)10(3)8-20/h5-7,9-11,20H,8H2,1-4H3,(H,18,22)(H,19,21). The quantitative estimate of drug-likeness (QED) is 0.752. The van der Waals surface area contributed by atoms with Crippen LogP contribution in [0.3, 0.4) is 0 Å². The van der Waals surface area contributed by atoms with Crippen LogP contribution in [-0.2, 0) is 4.79 Å². The van der Waals surface area contributed by atoms with Crippen LogP contribution < -0.4 is 10.6 Å². The molecular weight excluding hydrogens is 304 g/mol. The van der Waals surface area contributed by atoms with E-state index in [4.69, 9.17) is 16.7 Å². The second-order valence-electron chi connectivity index (χ2n) is 5.76. The number of halogens is 1. The molecule has 0 aliphatic rings. The number of aliphatic hydroxyl groups is 1. The molecule has 5 nitrogen and oxygen atoms in total. The van der Waals surface area contributed by atoms with E-state index in [2.05, 4.69) is 10.6 Å². The van der Waals surface area contributed by atoms with Gasteiger partial charge in [-0.05, 0) is 31.0 Å². The Balaban J connectivity index is 2.89. The highest BCUT2D eigenvalue weighted by Gasteiger charge is 2.18. The molecule has 0 bridgehead atoms. The second-order valence-corrected chi connectivity index (χ2v) is 6.17. The smallest absolute Gasteiger partial charge is 0.253 e. The number of hydrogen-bond donors (Lipinski definition) is 3. The molecule has 0 saturated carbocycles. The van der Waals surface area contributed by atoms with Crippen LogP contribution in [0.4, 0.5) is 5.69 Å². The third-order valence-corrected chi connectivity index (χ3v) is 3.83. The third-order valence-electron chi connectivity index (χ3n) is 3.50. The zero-order chi connectivity index (χ0) is 16.9. The van der Waals surface area contributed by atoms with Crippen LogP contribution in [0.2, 0.25) is 5.02 Å². The molecule has 0 heterocycles. The lowest BCUT2D eigenvalue weighted by atomic mass is 10.0. The number of rotatable bonds is 6. The van der Waals surface area contributed by atoms with Gasteiger partial charge in [0.25, 0.3) is 5.91 Å². The molecule has 22 heavy (non-hydrogen) atoms. The summed E-state index contributed by atoms with van der Waals surface area (Å²) in [4.78, 5) is 24.0. The van der Waals surface area contributed by atoms with Crippen molar-refractivity contribution in [2.45, 2.75) is 33.7 Å². The van der Waals surface area contributed by atoms with Crippen molar-refractivity contribution in [3.8, 4) is 0 Å². The van der Waals surface area contributed by atoms with Crippen LogP contribution in [0.5, 0.6) is 0 Å². The van der Waals surface area contributed by atoms with E-state index < -0.39 is 0 Å². The maximum absolute atomic E-state index is 12.3. The molecule has 2 amide bonds. The molecule has 0 radical (unpaired) electrons. The third kappa shape index (κ3) is 5.00. The van der Waals surface area contributed by atoms with Crippen molar-refractivity contribution in [2.24, 2.45) is 11.8 Å². The molecule has 2 atom stereocenters. The molecule has 6 heteroatoms. The Labute approximate surface area is 136 Å². The number of aliphatic hydroxyl groups excluding tert-OH is 1. The zero-order valence-corrected chi connectivity index (χ0v) is 14.1. The molecule has 1 aromatic rings. The largest absolute Gasteiger partial charge is 0.396 e. The van der Waals surface area contributed by atoms with Gasteiger partial charge in [-0.1, -0.05) is 32.4 Å². The first-order valence-electron chi connectivity index (χ1n) is 7.28. The Morgan fingerprint density at radius 2 is 1.86 bits per heavy atom. The fourth-order valence-corrected chi connectivity index (χ4v) is 1.85. The highest BCUT2D eigenvalue weighted by atomic mass is 35.5.